The minimum atomic E-state index is -4.58. The summed E-state index contributed by atoms with van der Waals surface area (Å²) in [6.45, 7) is -0.237. The molecule has 0 unspecified atom stereocenters. The molecule has 2 amide bonds. The molecular weight excluding hydrogens is 390 g/mol. The SMILES string of the molecule is Cc1cc2nc(F)c(-c3cccc(NC(=O)NCC(F)(F)F)c3)n2c(F)c1F. The summed E-state index contributed by atoms with van der Waals surface area (Å²) in [5.74, 6) is -3.60. The Morgan fingerprint density at radius 2 is 1.89 bits per heavy atom. The topological polar surface area (TPSA) is 58.4 Å². The highest BCUT2D eigenvalue weighted by Gasteiger charge is 2.27. The lowest BCUT2D eigenvalue weighted by molar-refractivity contribution is -0.122. The first-order valence-electron chi connectivity index (χ1n) is 7.81. The monoisotopic (exact) mass is 402 g/mol. The van der Waals surface area contributed by atoms with Crippen LogP contribution in [0.2, 0.25) is 0 Å². The molecule has 0 bridgehead atoms. The van der Waals surface area contributed by atoms with Crippen molar-refractivity contribution < 1.29 is 31.1 Å². The number of nitrogens with one attached hydrogen (secondary N) is 2. The quantitative estimate of drug-likeness (QED) is 0.504. The fraction of sp³-hybridized carbons (Fsp3) is 0.176. The van der Waals surface area contributed by atoms with Gasteiger partial charge in [0.2, 0.25) is 11.9 Å². The van der Waals surface area contributed by atoms with Gasteiger partial charge in [-0.3, -0.25) is 4.40 Å². The summed E-state index contributed by atoms with van der Waals surface area (Å²) in [7, 11) is 0. The molecule has 0 saturated carbocycles. The predicted molar refractivity (Wildman–Crippen MR) is 88.3 cm³/mol. The first-order chi connectivity index (χ1) is 13.1. The molecule has 11 heteroatoms. The smallest absolute Gasteiger partial charge is 0.329 e. The number of pyridine rings is 1. The number of hydrogen-bond acceptors (Lipinski definition) is 2. The van der Waals surface area contributed by atoms with Gasteiger partial charge in [-0.2, -0.15) is 26.9 Å². The third kappa shape index (κ3) is 3.87. The Morgan fingerprint density at radius 1 is 1.18 bits per heavy atom. The fourth-order valence-electron chi connectivity index (χ4n) is 2.57. The first-order valence-corrected chi connectivity index (χ1v) is 7.81. The third-order valence-electron chi connectivity index (χ3n) is 3.77. The number of halogens is 6. The molecule has 148 valence electrons. The van der Waals surface area contributed by atoms with Gasteiger partial charge in [-0.05, 0) is 30.7 Å². The summed E-state index contributed by atoms with van der Waals surface area (Å²) in [5, 5.41) is 3.76. The van der Waals surface area contributed by atoms with Gasteiger partial charge in [0.1, 0.15) is 17.9 Å². The molecule has 0 atom stereocenters. The average Bonchev–Trinajstić information content (AvgIpc) is 2.93. The van der Waals surface area contributed by atoms with Crippen LogP contribution in [0.5, 0.6) is 0 Å². The van der Waals surface area contributed by atoms with E-state index in [9.17, 15) is 31.1 Å². The normalized spacial score (nSPS) is 11.7. The summed E-state index contributed by atoms with van der Waals surface area (Å²) < 4.78 is 79.6. The van der Waals surface area contributed by atoms with Crippen molar-refractivity contribution in [2.24, 2.45) is 0 Å². The van der Waals surface area contributed by atoms with Gasteiger partial charge < -0.3 is 10.6 Å². The molecule has 2 aromatic heterocycles. The van der Waals surface area contributed by atoms with Crippen molar-refractivity contribution in [1.29, 1.82) is 0 Å². The number of amides is 2. The van der Waals surface area contributed by atoms with Crippen LogP contribution in [-0.4, -0.2) is 28.1 Å². The van der Waals surface area contributed by atoms with Crippen molar-refractivity contribution in [2.45, 2.75) is 13.1 Å². The van der Waals surface area contributed by atoms with Crippen LogP contribution in [0.15, 0.2) is 30.3 Å². The zero-order chi connectivity index (χ0) is 20.6. The van der Waals surface area contributed by atoms with Crippen molar-refractivity contribution in [3.05, 3.63) is 53.6 Å². The molecule has 0 spiro atoms. The van der Waals surface area contributed by atoms with Crippen molar-refractivity contribution in [1.82, 2.24) is 14.7 Å². The second-order valence-corrected chi connectivity index (χ2v) is 5.88. The summed E-state index contributed by atoms with van der Waals surface area (Å²) in [6.07, 6.45) is -4.58. The van der Waals surface area contributed by atoms with Crippen molar-refractivity contribution in [2.75, 3.05) is 11.9 Å². The van der Waals surface area contributed by atoms with Crippen LogP contribution < -0.4 is 10.6 Å². The average molecular weight is 402 g/mol. The minimum absolute atomic E-state index is 0.0134. The van der Waals surface area contributed by atoms with E-state index in [1.165, 1.54) is 31.2 Å². The van der Waals surface area contributed by atoms with Crippen molar-refractivity contribution in [3.8, 4) is 11.3 Å². The van der Waals surface area contributed by atoms with Gasteiger partial charge in [0.05, 0.1) is 0 Å². The number of alkyl halides is 3. The lowest BCUT2D eigenvalue weighted by Gasteiger charge is -2.11. The molecule has 5 nitrogen and oxygen atoms in total. The number of carbonyl (C=O) groups is 1. The van der Waals surface area contributed by atoms with Crippen LogP contribution in [0.3, 0.4) is 0 Å². The molecule has 28 heavy (non-hydrogen) atoms. The van der Waals surface area contributed by atoms with E-state index in [1.54, 1.807) is 5.32 Å². The predicted octanol–water partition coefficient (Wildman–Crippen LogP) is 4.41. The number of aromatic nitrogens is 2. The van der Waals surface area contributed by atoms with Crippen LogP contribution in [0.1, 0.15) is 5.56 Å². The number of anilines is 1. The van der Waals surface area contributed by atoms with Gasteiger partial charge in [-0.25, -0.2) is 9.18 Å². The zero-order valence-corrected chi connectivity index (χ0v) is 14.2. The number of carbonyl (C=O) groups excluding carboxylic acids is 1. The van der Waals surface area contributed by atoms with Crippen LogP contribution >= 0.6 is 0 Å². The van der Waals surface area contributed by atoms with Gasteiger partial charge in [0.15, 0.2) is 5.82 Å². The number of imidazole rings is 1. The Labute approximate surface area is 154 Å². The van der Waals surface area contributed by atoms with E-state index in [2.05, 4.69) is 10.3 Å². The summed E-state index contributed by atoms with van der Waals surface area (Å²) in [4.78, 5) is 15.1. The molecule has 0 saturated heterocycles. The maximum atomic E-state index is 14.3. The molecule has 3 rings (SSSR count). The minimum Gasteiger partial charge on any atom is -0.329 e. The summed E-state index contributed by atoms with van der Waals surface area (Å²) >= 11 is 0. The largest absolute Gasteiger partial charge is 0.405 e. The maximum absolute atomic E-state index is 14.3. The van der Waals surface area contributed by atoms with Crippen molar-refractivity contribution in [3.63, 3.8) is 0 Å². The van der Waals surface area contributed by atoms with Crippen LogP contribution in [-0.2, 0) is 0 Å². The Morgan fingerprint density at radius 3 is 2.57 bits per heavy atom. The highest BCUT2D eigenvalue weighted by atomic mass is 19.4. The standard InChI is InChI=1S/C17H12F6N4O/c1-8-5-11-26-14(19)13(27(11)15(20)12(8)18)9-3-2-4-10(6-9)25-16(28)24-7-17(21,22)23/h2-6H,7H2,1H3,(H2,24,25,28). The Balaban J connectivity index is 1.96. The molecule has 3 aromatic rings. The molecule has 2 heterocycles. The molecule has 0 aliphatic heterocycles. The van der Waals surface area contributed by atoms with Crippen LogP contribution in [0.25, 0.3) is 16.9 Å². The zero-order valence-electron chi connectivity index (χ0n) is 14.2. The number of nitrogens with zero attached hydrogens (tertiary/aromatic N) is 2. The Bertz CT molecular complexity index is 1060. The van der Waals surface area contributed by atoms with E-state index in [1.807, 2.05) is 0 Å². The molecule has 0 aliphatic carbocycles. The number of urea groups is 1. The highest BCUT2D eigenvalue weighted by Crippen LogP contribution is 2.29. The fourth-order valence-corrected chi connectivity index (χ4v) is 2.57. The number of hydrogen-bond donors (Lipinski definition) is 2. The van der Waals surface area contributed by atoms with Gasteiger partial charge in [-0.15, -0.1) is 0 Å². The summed E-state index contributed by atoms with van der Waals surface area (Å²) in [6, 6.07) is 5.26. The second kappa shape index (κ2) is 7.06. The lowest BCUT2D eigenvalue weighted by atomic mass is 10.1. The summed E-state index contributed by atoms with van der Waals surface area (Å²) in [5.41, 5.74) is -0.575. The van der Waals surface area contributed by atoms with E-state index in [-0.39, 0.29) is 22.5 Å². The molecule has 2 N–H and O–H groups in total. The molecule has 1 aromatic carbocycles. The highest BCUT2D eigenvalue weighted by molar-refractivity contribution is 5.90. The third-order valence-corrected chi connectivity index (χ3v) is 3.77. The van der Waals surface area contributed by atoms with E-state index < -0.39 is 42.2 Å². The Kier molecular flexibility index (Phi) is 4.92. The van der Waals surface area contributed by atoms with Crippen LogP contribution in [0.4, 0.5) is 36.8 Å². The number of aryl methyl sites for hydroxylation is 1. The van der Waals surface area contributed by atoms with E-state index in [0.29, 0.717) is 4.40 Å². The van der Waals surface area contributed by atoms with Gasteiger partial charge in [0.25, 0.3) is 0 Å². The van der Waals surface area contributed by atoms with Gasteiger partial charge >= 0.3 is 12.2 Å². The number of benzene rings is 1. The van der Waals surface area contributed by atoms with E-state index in [0.717, 1.165) is 6.07 Å². The molecule has 0 fully saturated rings. The molecular formula is C17H12F6N4O. The Hall–Kier alpha value is -3.24. The lowest BCUT2D eigenvalue weighted by Crippen LogP contribution is -2.36. The van der Waals surface area contributed by atoms with Gasteiger partial charge in [-0.1, -0.05) is 12.1 Å². The maximum Gasteiger partial charge on any atom is 0.405 e. The second-order valence-electron chi connectivity index (χ2n) is 5.88. The van der Waals surface area contributed by atoms with Crippen LogP contribution in [0, 0.1) is 24.6 Å². The number of fused-ring (bicyclic) bond motifs is 1. The molecule has 0 radical (unpaired) electrons. The molecule has 0 aliphatic rings. The van der Waals surface area contributed by atoms with E-state index in [4.69, 9.17) is 0 Å². The van der Waals surface area contributed by atoms with E-state index >= 15 is 0 Å². The number of rotatable bonds is 3. The van der Waals surface area contributed by atoms with Crippen molar-refractivity contribution >= 4 is 17.4 Å². The van der Waals surface area contributed by atoms with Gasteiger partial charge in [0, 0.05) is 11.3 Å². The first kappa shape index (κ1) is 19.5.